The van der Waals surface area contributed by atoms with Gasteiger partial charge in [-0.25, -0.2) is 13.9 Å². The van der Waals surface area contributed by atoms with Gasteiger partial charge in [-0.15, -0.1) is 0 Å². The second-order valence-corrected chi connectivity index (χ2v) is 5.46. The summed E-state index contributed by atoms with van der Waals surface area (Å²) in [6.45, 7) is 1.90. The van der Waals surface area contributed by atoms with Gasteiger partial charge in [0.1, 0.15) is 23.7 Å². The summed E-state index contributed by atoms with van der Waals surface area (Å²) in [5.74, 6) is -0.0889. The fraction of sp³-hybridized carbons (Fsp3) is 0.158. The molecule has 128 valence electrons. The van der Waals surface area contributed by atoms with Gasteiger partial charge >= 0.3 is 5.97 Å². The summed E-state index contributed by atoms with van der Waals surface area (Å²) >= 11 is 0. The van der Waals surface area contributed by atoms with E-state index in [2.05, 4.69) is 5.10 Å². The summed E-state index contributed by atoms with van der Waals surface area (Å²) in [5, 5.41) is 4.19. The maximum atomic E-state index is 13.0. The highest BCUT2D eigenvalue weighted by atomic mass is 19.1. The molecule has 0 spiro atoms. The maximum absolute atomic E-state index is 13.0. The van der Waals surface area contributed by atoms with Gasteiger partial charge in [-0.3, -0.25) is 0 Å². The standard InChI is InChI=1S/C19H17FN2O3/c1-13-18(11-21-22(13)16-8-6-15(20)7-9-16)19(23)25-12-14-4-3-5-17(10-14)24-2/h3-11H,12H2,1-2H3. The van der Waals surface area contributed by atoms with Crippen LogP contribution in [0, 0.1) is 12.7 Å². The summed E-state index contributed by atoms with van der Waals surface area (Å²) < 4.78 is 25.1. The summed E-state index contributed by atoms with van der Waals surface area (Å²) in [7, 11) is 1.58. The Kier molecular flexibility index (Phi) is 4.79. The maximum Gasteiger partial charge on any atom is 0.341 e. The third-order valence-electron chi connectivity index (χ3n) is 3.80. The molecular weight excluding hydrogens is 323 g/mol. The Bertz CT molecular complexity index is 888. The third-order valence-corrected chi connectivity index (χ3v) is 3.80. The highest BCUT2D eigenvalue weighted by molar-refractivity contribution is 5.90. The summed E-state index contributed by atoms with van der Waals surface area (Å²) in [4.78, 5) is 12.3. The van der Waals surface area contributed by atoms with Gasteiger partial charge in [-0.1, -0.05) is 12.1 Å². The van der Waals surface area contributed by atoms with Gasteiger partial charge in [-0.2, -0.15) is 5.10 Å². The van der Waals surface area contributed by atoms with E-state index in [9.17, 15) is 9.18 Å². The van der Waals surface area contributed by atoms with Crippen LogP contribution in [0.5, 0.6) is 5.75 Å². The molecule has 1 heterocycles. The van der Waals surface area contributed by atoms with Crippen LogP contribution in [-0.2, 0) is 11.3 Å². The molecule has 1 aromatic heterocycles. The van der Waals surface area contributed by atoms with E-state index in [1.165, 1.54) is 18.3 Å². The molecule has 3 rings (SSSR count). The lowest BCUT2D eigenvalue weighted by Gasteiger charge is -2.07. The first-order valence-electron chi connectivity index (χ1n) is 7.69. The number of rotatable bonds is 5. The number of halogens is 1. The molecule has 0 radical (unpaired) electrons. The lowest BCUT2D eigenvalue weighted by Crippen LogP contribution is -2.07. The number of aromatic nitrogens is 2. The van der Waals surface area contributed by atoms with Crippen LogP contribution in [0.25, 0.3) is 5.69 Å². The first-order chi connectivity index (χ1) is 12.1. The molecule has 0 N–H and O–H groups in total. The van der Waals surface area contributed by atoms with E-state index in [1.54, 1.807) is 30.8 Å². The monoisotopic (exact) mass is 340 g/mol. The number of carbonyl (C=O) groups is 1. The Morgan fingerprint density at radius 2 is 1.96 bits per heavy atom. The van der Waals surface area contributed by atoms with Crippen LogP contribution < -0.4 is 4.74 Å². The van der Waals surface area contributed by atoms with E-state index < -0.39 is 5.97 Å². The third kappa shape index (κ3) is 3.68. The van der Waals surface area contributed by atoms with Gasteiger partial charge < -0.3 is 9.47 Å². The molecule has 0 fully saturated rings. The fourth-order valence-corrected chi connectivity index (χ4v) is 2.44. The van der Waals surface area contributed by atoms with Crippen molar-refractivity contribution in [2.75, 3.05) is 7.11 Å². The predicted octanol–water partition coefficient (Wildman–Crippen LogP) is 3.69. The largest absolute Gasteiger partial charge is 0.497 e. The number of nitrogens with zero attached hydrogens (tertiary/aromatic N) is 2. The number of benzene rings is 2. The van der Waals surface area contributed by atoms with Crippen molar-refractivity contribution in [1.82, 2.24) is 9.78 Å². The van der Waals surface area contributed by atoms with Gasteiger partial charge in [0, 0.05) is 0 Å². The quantitative estimate of drug-likeness (QED) is 0.665. The van der Waals surface area contributed by atoms with Crippen molar-refractivity contribution in [1.29, 1.82) is 0 Å². The zero-order valence-electron chi connectivity index (χ0n) is 13.9. The smallest absolute Gasteiger partial charge is 0.341 e. The SMILES string of the molecule is COc1cccc(COC(=O)c2cnn(-c3ccc(F)cc3)c2C)c1. The minimum absolute atomic E-state index is 0.136. The normalized spacial score (nSPS) is 10.5. The Labute approximate surface area is 144 Å². The molecule has 0 bridgehead atoms. The fourth-order valence-electron chi connectivity index (χ4n) is 2.44. The first-order valence-corrected chi connectivity index (χ1v) is 7.69. The summed E-state index contributed by atoms with van der Waals surface area (Å²) in [6.07, 6.45) is 1.45. The number of methoxy groups -OCH3 is 1. The molecule has 3 aromatic rings. The molecule has 0 aliphatic carbocycles. The van der Waals surface area contributed by atoms with Crippen molar-refractivity contribution >= 4 is 5.97 Å². The molecule has 0 amide bonds. The number of carbonyl (C=O) groups excluding carboxylic acids is 1. The Hall–Kier alpha value is -3.15. The molecule has 2 aromatic carbocycles. The van der Waals surface area contributed by atoms with Gasteiger partial charge in [0.15, 0.2) is 0 Å². The van der Waals surface area contributed by atoms with Crippen molar-refractivity contribution in [2.45, 2.75) is 13.5 Å². The Balaban J connectivity index is 1.73. The zero-order valence-corrected chi connectivity index (χ0v) is 13.9. The molecule has 25 heavy (non-hydrogen) atoms. The molecule has 0 unspecified atom stereocenters. The minimum atomic E-state index is -0.464. The van der Waals surface area contributed by atoms with E-state index in [0.29, 0.717) is 22.7 Å². The van der Waals surface area contributed by atoms with Crippen LogP contribution in [0.1, 0.15) is 21.6 Å². The van der Waals surface area contributed by atoms with Gasteiger partial charge in [-0.05, 0) is 48.9 Å². The average Bonchev–Trinajstić information content (AvgIpc) is 3.02. The van der Waals surface area contributed by atoms with E-state index in [4.69, 9.17) is 9.47 Å². The summed E-state index contributed by atoms with van der Waals surface area (Å²) in [5.41, 5.74) is 2.50. The number of hydrogen-bond acceptors (Lipinski definition) is 4. The number of hydrogen-bond donors (Lipinski definition) is 0. The lowest BCUT2D eigenvalue weighted by molar-refractivity contribution is 0.0471. The van der Waals surface area contributed by atoms with Crippen molar-refractivity contribution in [3.8, 4) is 11.4 Å². The number of ether oxygens (including phenoxy) is 2. The van der Waals surface area contributed by atoms with E-state index in [-0.39, 0.29) is 12.4 Å². The Morgan fingerprint density at radius 3 is 2.68 bits per heavy atom. The van der Waals surface area contributed by atoms with E-state index >= 15 is 0 Å². The highest BCUT2D eigenvalue weighted by Crippen LogP contribution is 2.17. The molecule has 6 heteroatoms. The van der Waals surface area contributed by atoms with Crippen LogP contribution in [0.2, 0.25) is 0 Å². The van der Waals surface area contributed by atoms with Crippen LogP contribution in [0.15, 0.2) is 54.7 Å². The number of esters is 1. The molecular formula is C19H17FN2O3. The lowest BCUT2D eigenvalue weighted by atomic mass is 10.2. The van der Waals surface area contributed by atoms with Crippen LogP contribution >= 0.6 is 0 Å². The van der Waals surface area contributed by atoms with Crippen molar-refractivity contribution in [3.05, 3.63) is 77.4 Å². The molecule has 0 aliphatic rings. The van der Waals surface area contributed by atoms with Crippen molar-refractivity contribution in [3.63, 3.8) is 0 Å². The predicted molar refractivity (Wildman–Crippen MR) is 90.4 cm³/mol. The second kappa shape index (κ2) is 7.17. The van der Waals surface area contributed by atoms with Gasteiger partial charge in [0.2, 0.25) is 0 Å². The van der Waals surface area contributed by atoms with Gasteiger partial charge in [0.25, 0.3) is 0 Å². The van der Waals surface area contributed by atoms with E-state index in [1.807, 2.05) is 24.3 Å². The molecule has 5 nitrogen and oxygen atoms in total. The van der Waals surface area contributed by atoms with E-state index in [0.717, 1.165) is 5.56 Å². The average molecular weight is 340 g/mol. The zero-order chi connectivity index (χ0) is 17.8. The molecule has 0 aliphatic heterocycles. The Morgan fingerprint density at radius 1 is 1.20 bits per heavy atom. The molecule has 0 saturated carbocycles. The highest BCUT2D eigenvalue weighted by Gasteiger charge is 2.16. The molecule has 0 atom stereocenters. The van der Waals surface area contributed by atoms with Crippen LogP contribution in [0.4, 0.5) is 4.39 Å². The summed E-state index contributed by atoms with van der Waals surface area (Å²) in [6, 6.07) is 13.2. The van der Waals surface area contributed by atoms with Crippen molar-refractivity contribution in [2.24, 2.45) is 0 Å². The second-order valence-electron chi connectivity index (χ2n) is 5.46. The van der Waals surface area contributed by atoms with Crippen LogP contribution in [-0.4, -0.2) is 22.9 Å². The van der Waals surface area contributed by atoms with Crippen LogP contribution in [0.3, 0.4) is 0 Å². The van der Waals surface area contributed by atoms with Crippen molar-refractivity contribution < 1.29 is 18.7 Å². The minimum Gasteiger partial charge on any atom is -0.497 e. The topological polar surface area (TPSA) is 53.4 Å². The molecule has 0 saturated heterocycles. The van der Waals surface area contributed by atoms with Gasteiger partial charge in [0.05, 0.1) is 24.7 Å². The first kappa shape index (κ1) is 16.7.